The molecular formula is C15H14O4. The molecule has 0 amide bonds. The van der Waals surface area contributed by atoms with E-state index in [9.17, 15) is 9.90 Å². The Morgan fingerprint density at radius 3 is 2.11 bits per heavy atom. The number of carboxylic acids is 1. The molecule has 0 radical (unpaired) electrons. The Balaban J connectivity index is 2.19. The number of ether oxygens (including phenoxy) is 2. The van der Waals surface area contributed by atoms with Crippen LogP contribution in [0.1, 0.15) is 11.7 Å². The van der Waals surface area contributed by atoms with Gasteiger partial charge in [-0.15, -0.1) is 0 Å². The van der Waals surface area contributed by atoms with Crippen molar-refractivity contribution >= 4 is 5.97 Å². The van der Waals surface area contributed by atoms with Gasteiger partial charge >= 0.3 is 5.97 Å². The van der Waals surface area contributed by atoms with Crippen molar-refractivity contribution in [3.63, 3.8) is 0 Å². The molecule has 98 valence electrons. The Labute approximate surface area is 111 Å². The molecule has 0 aliphatic rings. The van der Waals surface area contributed by atoms with Crippen molar-refractivity contribution in [3.8, 4) is 11.5 Å². The van der Waals surface area contributed by atoms with Gasteiger partial charge in [0.25, 0.3) is 0 Å². The van der Waals surface area contributed by atoms with Gasteiger partial charge in [0, 0.05) is 5.56 Å². The van der Waals surface area contributed by atoms with E-state index in [0.29, 0.717) is 17.1 Å². The third kappa shape index (κ3) is 3.25. The van der Waals surface area contributed by atoms with Crippen molar-refractivity contribution in [3.05, 3.63) is 60.2 Å². The Morgan fingerprint density at radius 2 is 1.58 bits per heavy atom. The van der Waals surface area contributed by atoms with E-state index < -0.39 is 12.1 Å². The van der Waals surface area contributed by atoms with Crippen LogP contribution in [0.25, 0.3) is 0 Å². The lowest BCUT2D eigenvalue weighted by Gasteiger charge is -2.15. The van der Waals surface area contributed by atoms with Crippen molar-refractivity contribution in [2.75, 3.05) is 7.11 Å². The van der Waals surface area contributed by atoms with Crippen LogP contribution >= 0.6 is 0 Å². The molecule has 2 rings (SSSR count). The number of benzene rings is 2. The molecule has 0 saturated heterocycles. The Hall–Kier alpha value is -2.49. The summed E-state index contributed by atoms with van der Waals surface area (Å²) in [6.07, 6.45) is -1.02. The van der Waals surface area contributed by atoms with Gasteiger partial charge in [-0.3, -0.25) is 0 Å². The van der Waals surface area contributed by atoms with Crippen LogP contribution in [0.15, 0.2) is 54.6 Å². The molecule has 1 atom stereocenters. The maximum Gasteiger partial charge on any atom is 0.349 e. The number of carboxylic acid groups (broad SMARTS) is 1. The van der Waals surface area contributed by atoms with Crippen LogP contribution in [-0.4, -0.2) is 18.2 Å². The molecule has 0 spiro atoms. The number of aliphatic carboxylic acids is 1. The molecule has 1 N–H and O–H groups in total. The summed E-state index contributed by atoms with van der Waals surface area (Å²) in [4.78, 5) is 11.3. The second kappa shape index (κ2) is 5.91. The average molecular weight is 258 g/mol. The van der Waals surface area contributed by atoms with E-state index in [1.807, 2.05) is 6.07 Å². The summed E-state index contributed by atoms with van der Waals surface area (Å²) >= 11 is 0. The van der Waals surface area contributed by atoms with Gasteiger partial charge in [-0.05, 0) is 24.3 Å². The zero-order valence-corrected chi connectivity index (χ0v) is 10.4. The number of rotatable bonds is 5. The van der Waals surface area contributed by atoms with E-state index in [-0.39, 0.29) is 0 Å². The average Bonchev–Trinajstić information content (AvgIpc) is 2.46. The molecule has 0 aromatic heterocycles. The molecule has 19 heavy (non-hydrogen) atoms. The van der Waals surface area contributed by atoms with E-state index >= 15 is 0 Å². The Bertz CT molecular complexity index is 534. The van der Waals surface area contributed by atoms with Crippen molar-refractivity contribution in [1.29, 1.82) is 0 Å². The summed E-state index contributed by atoms with van der Waals surface area (Å²) in [5, 5.41) is 9.24. The first-order valence-electron chi connectivity index (χ1n) is 5.79. The van der Waals surface area contributed by atoms with E-state index in [4.69, 9.17) is 9.47 Å². The fourth-order valence-electron chi connectivity index (χ4n) is 1.68. The largest absolute Gasteiger partial charge is 0.497 e. The van der Waals surface area contributed by atoms with Crippen LogP contribution in [-0.2, 0) is 4.79 Å². The molecule has 4 heteroatoms. The first-order valence-corrected chi connectivity index (χ1v) is 5.79. The zero-order valence-electron chi connectivity index (χ0n) is 10.4. The highest BCUT2D eigenvalue weighted by Crippen LogP contribution is 2.24. The molecule has 2 aromatic rings. The van der Waals surface area contributed by atoms with Crippen molar-refractivity contribution in [2.45, 2.75) is 6.10 Å². The number of hydrogen-bond donors (Lipinski definition) is 1. The monoisotopic (exact) mass is 258 g/mol. The summed E-state index contributed by atoms with van der Waals surface area (Å²) in [7, 11) is 1.57. The summed E-state index contributed by atoms with van der Waals surface area (Å²) < 4.78 is 10.5. The first kappa shape index (κ1) is 13.0. The van der Waals surface area contributed by atoms with Gasteiger partial charge in [-0.1, -0.05) is 30.3 Å². The second-order valence-electron chi connectivity index (χ2n) is 3.92. The van der Waals surface area contributed by atoms with E-state index in [2.05, 4.69) is 0 Å². The summed E-state index contributed by atoms with van der Waals surface area (Å²) in [6, 6.07) is 15.6. The smallest absolute Gasteiger partial charge is 0.349 e. The fraction of sp³-hybridized carbons (Fsp3) is 0.133. The Morgan fingerprint density at radius 1 is 1.00 bits per heavy atom. The maximum absolute atomic E-state index is 11.3. The molecule has 0 unspecified atom stereocenters. The van der Waals surface area contributed by atoms with Crippen LogP contribution in [0.4, 0.5) is 0 Å². The summed E-state index contributed by atoms with van der Waals surface area (Å²) in [5.74, 6) is 0.151. The summed E-state index contributed by atoms with van der Waals surface area (Å²) in [6.45, 7) is 0. The van der Waals surface area contributed by atoms with Gasteiger partial charge in [-0.25, -0.2) is 4.79 Å². The standard InChI is InChI=1S/C15H14O4/c1-18-12-7-9-13(10-8-12)19-14(15(16)17)11-5-3-2-4-6-11/h2-10,14H,1H3,(H,16,17)/t14-/m1/s1. The minimum Gasteiger partial charge on any atom is -0.497 e. The molecule has 2 aromatic carbocycles. The molecule has 0 aliphatic heterocycles. The number of carbonyl (C=O) groups is 1. The fourth-order valence-corrected chi connectivity index (χ4v) is 1.68. The van der Waals surface area contributed by atoms with E-state index in [1.54, 1.807) is 55.6 Å². The lowest BCUT2D eigenvalue weighted by Crippen LogP contribution is -2.18. The number of methoxy groups -OCH3 is 1. The molecule has 4 nitrogen and oxygen atoms in total. The van der Waals surface area contributed by atoms with Crippen LogP contribution in [0.3, 0.4) is 0 Å². The maximum atomic E-state index is 11.3. The minimum atomic E-state index is -1.03. The van der Waals surface area contributed by atoms with E-state index in [1.165, 1.54) is 0 Å². The highest BCUT2D eigenvalue weighted by atomic mass is 16.5. The molecule has 0 saturated carbocycles. The summed E-state index contributed by atoms with van der Waals surface area (Å²) in [5.41, 5.74) is 0.603. The predicted octanol–water partition coefficient (Wildman–Crippen LogP) is 2.90. The van der Waals surface area contributed by atoms with Gasteiger partial charge in [0.1, 0.15) is 11.5 Å². The lowest BCUT2D eigenvalue weighted by molar-refractivity contribution is -0.145. The zero-order chi connectivity index (χ0) is 13.7. The van der Waals surface area contributed by atoms with E-state index in [0.717, 1.165) is 0 Å². The van der Waals surface area contributed by atoms with Gasteiger partial charge in [0.15, 0.2) is 0 Å². The third-order valence-electron chi connectivity index (χ3n) is 2.64. The molecule has 0 fully saturated rings. The molecule has 0 heterocycles. The van der Waals surface area contributed by atoms with Crippen LogP contribution < -0.4 is 9.47 Å². The lowest BCUT2D eigenvalue weighted by atomic mass is 10.1. The van der Waals surface area contributed by atoms with Crippen molar-refractivity contribution in [2.24, 2.45) is 0 Å². The SMILES string of the molecule is COc1ccc(O[C@@H](C(=O)O)c2ccccc2)cc1. The van der Waals surface area contributed by atoms with Crippen molar-refractivity contribution < 1.29 is 19.4 Å². The van der Waals surface area contributed by atoms with Crippen molar-refractivity contribution in [1.82, 2.24) is 0 Å². The van der Waals surface area contributed by atoms with Crippen LogP contribution in [0, 0.1) is 0 Å². The highest BCUT2D eigenvalue weighted by Gasteiger charge is 2.21. The first-order chi connectivity index (χ1) is 9.20. The molecular weight excluding hydrogens is 244 g/mol. The predicted molar refractivity (Wildman–Crippen MR) is 70.4 cm³/mol. The van der Waals surface area contributed by atoms with Gasteiger partial charge in [0.05, 0.1) is 7.11 Å². The second-order valence-corrected chi connectivity index (χ2v) is 3.92. The Kier molecular flexibility index (Phi) is 4.03. The van der Waals surface area contributed by atoms with Gasteiger partial charge in [0.2, 0.25) is 6.10 Å². The third-order valence-corrected chi connectivity index (χ3v) is 2.64. The van der Waals surface area contributed by atoms with Gasteiger partial charge < -0.3 is 14.6 Å². The normalized spacial score (nSPS) is 11.6. The van der Waals surface area contributed by atoms with Crippen LogP contribution in [0.2, 0.25) is 0 Å². The minimum absolute atomic E-state index is 0.483. The van der Waals surface area contributed by atoms with Gasteiger partial charge in [-0.2, -0.15) is 0 Å². The highest BCUT2D eigenvalue weighted by molar-refractivity contribution is 5.74. The number of hydrogen-bond acceptors (Lipinski definition) is 3. The topological polar surface area (TPSA) is 55.8 Å². The molecule has 0 aliphatic carbocycles. The van der Waals surface area contributed by atoms with Crippen LogP contribution in [0.5, 0.6) is 11.5 Å². The molecule has 0 bridgehead atoms. The quantitative estimate of drug-likeness (QED) is 0.895.